The van der Waals surface area contributed by atoms with Gasteiger partial charge in [-0.25, -0.2) is 4.79 Å². The van der Waals surface area contributed by atoms with E-state index in [0.717, 1.165) is 5.56 Å². The molecule has 0 radical (unpaired) electrons. The van der Waals surface area contributed by atoms with Crippen LogP contribution in [0.4, 0.5) is 0 Å². The van der Waals surface area contributed by atoms with E-state index in [9.17, 15) is 4.79 Å². The molecule has 2 rings (SSSR count). The van der Waals surface area contributed by atoms with E-state index < -0.39 is 5.60 Å². The number of nitrogens with one attached hydrogen (secondary N) is 2. The van der Waals surface area contributed by atoms with E-state index in [1.54, 1.807) is 6.07 Å². The van der Waals surface area contributed by atoms with Crippen molar-refractivity contribution >= 4 is 34.9 Å². The van der Waals surface area contributed by atoms with Crippen LogP contribution in [0.5, 0.6) is 0 Å². The highest BCUT2D eigenvalue weighted by atomic mass is 35.5. The van der Waals surface area contributed by atoms with Crippen LogP contribution in [0.15, 0.2) is 35.5 Å². The number of carbonyl (C=O) groups excluding carboxylic acids is 1. The summed E-state index contributed by atoms with van der Waals surface area (Å²) in [6.45, 7) is 7.32. The van der Waals surface area contributed by atoms with Gasteiger partial charge in [0.25, 0.3) is 0 Å². The van der Waals surface area contributed by atoms with Gasteiger partial charge >= 0.3 is 5.97 Å². The van der Waals surface area contributed by atoms with E-state index in [2.05, 4.69) is 10.6 Å². The number of thiocarbonyl (C=S) groups is 1. The van der Waals surface area contributed by atoms with Gasteiger partial charge in [0.15, 0.2) is 5.11 Å². The molecule has 0 fully saturated rings. The third kappa shape index (κ3) is 3.99. The Morgan fingerprint density at radius 3 is 2.64 bits per heavy atom. The maximum Gasteiger partial charge on any atom is 0.338 e. The van der Waals surface area contributed by atoms with Crippen molar-refractivity contribution in [1.82, 2.24) is 10.6 Å². The molecule has 0 bridgehead atoms. The van der Waals surface area contributed by atoms with Gasteiger partial charge < -0.3 is 15.4 Å². The van der Waals surface area contributed by atoms with E-state index >= 15 is 0 Å². The van der Waals surface area contributed by atoms with Crippen molar-refractivity contribution in [3.05, 3.63) is 46.1 Å². The molecule has 0 amide bonds. The summed E-state index contributed by atoms with van der Waals surface area (Å²) in [6.07, 6.45) is 0. The molecule has 1 heterocycles. The Labute approximate surface area is 140 Å². The number of esters is 1. The average Bonchev–Trinajstić information content (AvgIpc) is 2.35. The zero-order valence-corrected chi connectivity index (χ0v) is 14.6. The molecular formula is C16H19ClN2O2S. The van der Waals surface area contributed by atoms with Crippen LogP contribution < -0.4 is 10.6 Å². The van der Waals surface area contributed by atoms with Crippen molar-refractivity contribution in [3.63, 3.8) is 0 Å². The lowest BCUT2D eigenvalue weighted by Crippen LogP contribution is -2.45. The molecule has 0 spiro atoms. The summed E-state index contributed by atoms with van der Waals surface area (Å²) in [5, 5.41) is 7.16. The molecule has 118 valence electrons. The van der Waals surface area contributed by atoms with E-state index in [1.807, 2.05) is 45.9 Å². The van der Waals surface area contributed by atoms with Crippen molar-refractivity contribution in [3.8, 4) is 0 Å². The monoisotopic (exact) mass is 338 g/mol. The predicted octanol–water partition coefficient (Wildman–Crippen LogP) is 3.47. The van der Waals surface area contributed by atoms with Crippen LogP contribution in [0.2, 0.25) is 5.02 Å². The molecule has 1 aliphatic rings. The van der Waals surface area contributed by atoms with Crippen molar-refractivity contribution < 1.29 is 9.53 Å². The van der Waals surface area contributed by atoms with Gasteiger partial charge in [0.05, 0.1) is 11.6 Å². The molecule has 0 saturated heterocycles. The lowest BCUT2D eigenvalue weighted by molar-refractivity contribution is -0.150. The molecule has 6 heteroatoms. The number of hydrogen-bond acceptors (Lipinski definition) is 3. The number of carbonyl (C=O) groups is 1. The summed E-state index contributed by atoms with van der Waals surface area (Å²) >= 11 is 11.3. The molecule has 4 nitrogen and oxygen atoms in total. The van der Waals surface area contributed by atoms with Crippen molar-refractivity contribution in [2.45, 2.75) is 39.3 Å². The number of rotatable bonds is 2. The lowest BCUT2D eigenvalue weighted by Gasteiger charge is -2.31. The van der Waals surface area contributed by atoms with Crippen LogP contribution in [0.1, 0.15) is 39.3 Å². The fourth-order valence-electron chi connectivity index (χ4n) is 2.23. The Bertz CT molecular complexity index is 650. The Kier molecular flexibility index (Phi) is 4.78. The van der Waals surface area contributed by atoms with Gasteiger partial charge in [0.1, 0.15) is 5.60 Å². The number of hydrogen-bond donors (Lipinski definition) is 2. The van der Waals surface area contributed by atoms with E-state index in [-0.39, 0.29) is 12.0 Å². The van der Waals surface area contributed by atoms with Crippen LogP contribution in [-0.4, -0.2) is 16.7 Å². The first-order valence-electron chi connectivity index (χ1n) is 6.94. The van der Waals surface area contributed by atoms with Gasteiger partial charge in [-0.2, -0.15) is 0 Å². The normalized spacial score (nSPS) is 18.6. The highest BCUT2D eigenvalue weighted by Gasteiger charge is 2.32. The van der Waals surface area contributed by atoms with Gasteiger partial charge in [0, 0.05) is 10.7 Å². The quantitative estimate of drug-likeness (QED) is 0.638. The van der Waals surface area contributed by atoms with Crippen molar-refractivity contribution in [1.29, 1.82) is 0 Å². The molecule has 1 aliphatic heterocycles. The SMILES string of the molecule is CC1=C(C(=O)OC(C)(C)C)C(c2cccc(Cl)c2)NC(=S)N1. The maximum atomic E-state index is 12.6. The predicted molar refractivity (Wildman–Crippen MR) is 91.6 cm³/mol. The van der Waals surface area contributed by atoms with Crippen LogP contribution in [0.3, 0.4) is 0 Å². The molecule has 2 N–H and O–H groups in total. The Morgan fingerprint density at radius 1 is 1.36 bits per heavy atom. The first kappa shape index (κ1) is 16.8. The molecule has 22 heavy (non-hydrogen) atoms. The van der Waals surface area contributed by atoms with Crippen LogP contribution in [-0.2, 0) is 9.53 Å². The largest absolute Gasteiger partial charge is 0.456 e. The fraction of sp³-hybridized carbons (Fsp3) is 0.375. The van der Waals surface area contributed by atoms with E-state index in [4.69, 9.17) is 28.6 Å². The Hall–Kier alpha value is -1.59. The minimum Gasteiger partial charge on any atom is -0.456 e. The molecule has 0 aliphatic carbocycles. The molecule has 0 aromatic heterocycles. The van der Waals surface area contributed by atoms with Crippen LogP contribution >= 0.6 is 23.8 Å². The summed E-state index contributed by atoms with van der Waals surface area (Å²) in [5.74, 6) is -0.377. The second kappa shape index (κ2) is 6.26. The summed E-state index contributed by atoms with van der Waals surface area (Å²) < 4.78 is 5.51. The summed E-state index contributed by atoms with van der Waals surface area (Å²) in [5.41, 5.74) is 1.48. The lowest BCUT2D eigenvalue weighted by atomic mass is 9.95. The van der Waals surface area contributed by atoms with Crippen LogP contribution in [0, 0.1) is 0 Å². The summed E-state index contributed by atoms with van der Waals surface area (Å²) in [4.78, 5) is 12.6. The van der Waals surface area contributed by atoms with E-state index in [0.29, 0.717) is 21.4 Å². The maximum absolute atomic E-state index is 12.6. The first-order chi connectivity index (χ1) is 10.2. The summed E-state index contributed by atoms with van der Waals surface area (Å²) in [7, 11) is 0. The van der Waals surface area contributed by atoms with Gasteiger partial charge in [-0.1, -0.05) is 23.7 Å². The molecule has 0 saturated carbocycles. The molecule has 1 atom stereocenters. The van der Waals surface area contributed by atoms with Crippen molar-refractivity contribution in [2.75, 3.05) is 0 Å². The fourth-order valence-corrected chi connectivity index (χ4v) is 2.70. The average molecular weight is 339 g/mol. The minimum atomic E-state index is -0.568. The highest BCUT2D eigenvalue weighted by molar-refractivity contribution is 7.80. The zero-order chi connectivity index (χ0) is 16.5. The standard InChI is InChI=1S/C16H19ClN2O2S/c1-9-12(14(20)21-16(2,3)4)13(19-15(22)18-9)10-6-5-7-11(17)8-10/h5-8,13H,1-4H3,(H2,18,19,22). The molecule has 1 aromatic rings. The minimum absolute atomic E-state index is 0.377. The van der Waals surface area contributed by atoms with Gasteiger partial charge in [0.2, 0.25) is 0 Å². The number of allylic oxidation sites excluding steroid dienone is 1. The highest BCUT2D eigenvalue weighted by Crippen LogP contribution is 2.30. The smallest absolute Gasteiger partial charge is 0.338 e. The molecular weight excluding hydrogens is 320 g/mol. The second-order valence-corrected chi connectivity index (χ2v) is 6.97. The third-order valence-electron chi connectivity index (χ3n) is 3.07. The number of halogens is 1. The second-order valence-electron chi connectivity index (χ2n) is 6.13. The van der Waals surface area contributed by atoms with E-state index in [1.165, 1.54) is 0 Å². The topological polar surface area (TPSA) is 50.4 Å². The van der Waals surface area contributed by atoms with Gasteiger partial charge in [-0.05, 0) is 57.6 Å². The summed E-state index contributed by atoms with van der Waals surface area (Å²) in [6, 6.07) is 6.95. The Balaban J connectivity index is 2.43. The van der Waals surface area contributed by atoms with Crippen LogP contribution in [0.25, 0.3) is 0 Å². The van der Waals surface area contributed by atoms with Crippen molar-refractivity contribution in [2.24, 2.45) is 0 Å². The first-order valence-corrected chi connectivity index (χ1v) is 7.73. The third-order valence-corrected chi connectivity index (χ3v) is 3.52. The number of benzene rings is 1. The molecule has 1 aromatic carbocycles. The zero-order valence-electron chi connectivity index (χ0n) is 13.0. The molecule has 1 unspecified atom stereocenters. The van der Waals surface area contributed by atoms with Gasteiger partial charge in [-0.3, -0.25) is 0 Å². The number of ether oxygens (including phenoxy) is 1. The van der Waals surface area contributed by atoms with Gasteiger partial charge in [-0.15, -0.1) is 0 Å². The Morgan fingerprint density at radius 2 is 2.05 bits per heavy atom.